The summed E-state index contributed by atoms with van der Waals surface area (Å²) in [5.41, 5.74) is -0.383. The Morgan fingerprint density at radius 3 is 2.48 bits per heavy atom. The Labute approximate surface area is 174 Å². The molecule has 0 radical (unpaired) electrons. The monoisotopic (exact) mass is 440 g/mol. The number of Topliss-reactive ketones (excluding diaryl/α,β-unsaturated/α-hetero) is 1. The average Bonchev–Trinajstić information content (AvgIpc) is 3.23. The van der Waals surface area contributed by atoms with Crippen LogP contribution in [0.4, 0.5) is 19.0 Å². The summed E-state index contributed by atoms with van der Waals surface area (Å²) in [5, 5.41) is 10.8. The molecule has 9 nitrogen and oxygen atoms in total. The first-order valence-electron chi connectivity index (χ1n) is 9.60. The third kappa shape index (κ3) is 4.33. The topological polar surface area (TPSA) is 99.7 Å². The SMILES string of the molecule is CC1(N2CCC(C(=O)c3ccc(OC(F)(F)F)cc3)CC2)Cn2cc([N+](=O)[O-])nc2O1. The molecule has 1 aromatic carbocycles. The van der Waals surface area contributed by atoms with Crippen LogP contribution >= 0.6 is 0 Å². The van der Waals surface area contributed by atoms with Crippen LogP contribution in [0.5, 0.6) is 11.8 Å². The van der Waals surface area contributed by atoms with Crippen molar-refractivity contribution in [1.82, 2.24) is 14.5 Å². The second kappa shape index (κ2) is 7.52. The van der Waals surface area contributed by atoms with E-state index in [2.05, 4.69) is 14.6 Å². The highest BCUT2D eigenvalue weighted by Crippen LogP contribution is 2.36. The van der Waals surface area contributed by atoms with Crippen LogP contribution in [-0.4, -0.2) is 50.3 Å². The normalized spacial score (nSPS) is 22.1. The molecule has 2 aliphatic heterocycles. The number of fused-ring (bicyclic) bond motifs is 1. The molecule has 1 saturated heterocycles. The van der Waals surface area contributed by atoms with Crippen LogP contribution in [0.2, 0.25) is 0 Å². The van der Waals surface area contributed by atoms with Crippen molar-refractivity contribution >= 4 is 11.6 Å². The van der Waals surface area contributed by atoms with Gasteiger partial charge in [-0.15, -0.1) is 13.2 Å². The number of imidazole rings is 1. The maximum Gasteiger partial charge on any atom is 0.573 e. The number of nitrogens with zero attached hydrogens (tertiary/aromatic N) is 4. The zero-order valence-corrected chi connectivity index (χ0v) is 16.5. The number of carbonyl (C=O) groups excluding carboxylic acids is 1. The van der Waals surface area contributed by atoms with Crippen molar-refractivity contribution in [3.8, 4) is 11.8 Å². The number of rotatable bonds is 5. The molecule has 1 fully saturated rings. The molecule has 4 rings (SSSR count). The van der Waals surface area contributed by atoms with Gasteiger partial charge in [-0.05, 0) is 49.0 Å². The number of likely N-dealkylation sites (tertiary alicyclic amines) is 1. The number of alkyl halides is 3. The minimum absolute atomic E-state index is 0.126. The molecule has 2 aliphatic rings. The third-order valence-corrected chi connectivity index (χ3v) is 5.60. The lowest BCUT2D eigenvalue weighted by Gasteiger charge is -2.40. The Morgan fingerprint density at radius 1 is 1.29 bits per heavy atom. The molecule has 3 heterocycles. The summed E-state index contributed by atoms with van der Waals surface area (Å²) in [4.78, 5) is 29.0. The Bertz CT molecular complexity index is 973. The summed E-state index contributed by atoms with van der Waals surface area (Å²) in [6.07, 6.45) is -2.33. The minimum Gasteiger partial charge on any atom is -0.422 e. The standard InChI is InChI=1S/C19H19F3N4O5/c1-18(11-24-10-15(26(28)29)23-17(24)31-18)25-8-6-13(7-9-25)16(27)12-2-4-14(5-3-12)30-19(20,21)22/h2-5,10,13H,6-9,11H2,1H3. The Morgan fingerprint density at radius 2 is 1.94 bits per heavy atom. The number of carbonyl (C=O) groups is 1. The summed E-state index contributed by atoms with van der Waals surface area (Å²) in [5.74, 6) is -1.02. The van der Waals surface area contributed by atoms with Crippen molar-refractivity contribution in [1.29, 1.82) is 0 Å². The number of halogens is 3. The lowest BCUT2D eigenvalue weighted by Crippen LogP contribution is -2.54. The van der Waals surface area contributed by atoms with Crippen LogP contribution in [0, 0.1) is 16.0 Å². The smallest absolute Gasteiger partial charge is 0.422 e. The molecule has 0 bridgehead atoms. The van der Waals surface area contributed by atoms with Gasteiger partial charge in [0.05, 0.1) is 6.54 Å². The molecular formula is C19H19F3N4O5. The number of nitro groups is 1. The van der Waals surface area contributed by atoms with E-state index in [0.29, 0.717) is 38.0 Å². The molecule has 0 aliphatic carbocycles. The molecule has 1 unspecified atom stereocenters. The summed E-state index contributed by atoms with van der Waals surface area (Å²) in [6.45, 7) is 3.38. The van der Waals surface area contributed by atoms with E-state index in [1.807, 2.05) is 6.92 Å². The summed E-state index contributed by atoms with van der Waals surface area (Å²) in [6, 6.07) is 5.12. The van der Waals surface area contributed by atoms with Crippen LogP contribution in [0.25, 0.3) is 0 Å². The van der Waals surface area contributed by atoms with Crippen LogP contribution in [0.3, 0.4) is 0 Å². The van der Waals surface area contributed by atoms with Gasteiger partial charge in [0.2, 0.25) is 0 Å². The van der Waals surface area contributed by atoms with Gasteiger partial charge in [-0.1, -0.05) is 0 Å². The second-order valence-corrected chi connectivity index (χ2v) is 7.74. The lowest BCUT2D eigenvalue weighted by molar-refractivity contribution is -0.389. The lowest BCUT2D eigenvalue weighted by atomic mass is 9.88. The van der Waals surface area contributed by atoms with E-state index < -0.39 is 17.0 Å². The van der Waals surface area contributed by atoms with Gasteiger partial charge < -0.3 is 19.6 Å². The fraction of sp³-hybridized carbons (Fsp3) is 0.474. The third-order valence-electron chi connectivity index (χ3n) is 5.60. The molecule has 31 heavy (non-hydrogen) atoms. The van der Waals surface area contributed by atoms with E-state index in [0.717, 1.165) is 12.1 Å². The predicted molar refractivity (Wildman–Crippen MR) is 99.7 cm³/mol. The molecule has 1 aromatic heterocycles. The van der Waals surface area contributed by atoms with E-state index in [4.69, 9.17) is 4.74 Å². The number of aromatic nitrogens is 2. The molecule has 2 aromatic rings. The first-order chi connectivity index (χ1) is 14.5. The molecule has 0 N–H and O–H groups in total. The van der Waals surface area contributed by atoms with Gasteiger partial charge in [0, 0.05) is 29.6 Å². The number of ether oxygens (including phenoxy) is 2. The predicted octanol–water partition coefficient (Wildman–Crippen LogP) is 3.39. The number of ketones is 1. The van der Waals surface area contributed by atoms with Crippen LogP contribution < -0.4 is 9.47 Å². The maximum absolute atomic E-state index is 12.8. The Kier molecular flexibility index (Phi) is 5.12. The van der Waals surface area contributed by atoms with Gasteiger partial charge in [0.1, 0.15) is 11.9 Å². The second-order valence-electron chi connectivity index (χ2n) is 7.74. The Hall–Kier alpha value is -3.15. The van der Waals surface area contributed by atoms with Crippen LogP contribution in [0.15, 0.2) is 30.5 Å². The quantitative estimate of drug-likeness (QED) is 0.399. The highest BCUT2D eigenvalue weighted by atomic mass is 19.4. The fourth-order valence-electron chi connectivity index (χ4n) is 4.05. The molecule has 0 spiro atoms. The van der Waals surface area contributed by atoms with Gasteiger partial charge in [-0.2, -0.15) is 0 Å². The molecule has 0 saturated carbocycles. The van der Waals surface area contributed by atoms with E-state index in [-0.39, 0.29) is 29.3 Å². The van der Waals surface area contributed by atoms with Crippen LogP contribution in [0.1, 0.15) is 30.1 Å². The highest BCUT2D eigenvalue weighted by Gasteiger charge is 2.46. The summed E-state index contributed by atoms with van der Waals surface area (Å²) in [7, 11) is 0. The molecule has 166 valence electrons. The van der Waals surface area contributed by atoms with Gasteiger partial charge in [-0.25, -0.2) is 0 Å². The fourth-order valence-corrected chi connectivity index (χ4v) is 4.05. The average molecular weight is 440 g/mol. The molecule has 0 amide bonds. The number of piperidine rings is 1. The summed E-state index contributed by atoms with van der Waals surface area (Å²) >= 11 is 0. The zero-order chi connectivity index (χ0) is 22.4. The van der Waals surface area contributed by atoms with Crippen molar-refractivity contribution in [3.05, 3.63) is 46.1 Å². The number of hydrogen-bond acceptors (Lipinski definition) is 7. The van der Waals surface area contributed by atoms with Gasteiger partial charge in [0.25, 0.3) is 0 Å². The van der Waals surface area contributed by atoms with Gasteiger partial charge >= 0.3 is 18.2 Å². The largest absolute Gasteiger partial charge is 0.573 e. The van der Waals surface area contributed by atoms with Gasteiger partial charge in [-0.3, -0.25) is 14.3 Å². The number of benzene rings is 1. The first kappa shape index (κ1) is 21.1. The van der Waals surface area contributed by atoms with Crippen molar-refractivity contribution in [2.24, 2.45) is 5.92 Å². The van der Waals surface area contributed by atoms with Crippen molar-refractivity contribution < 1.29 is 32.4 Å². The first-order valence-corrected chi connectivity index (χ1v) is 9.60. The van der Waals surface area contributed by atoms with E-state index >= 15 is 0 Å². The minimum atomic E-state index is -4.78. The van der Waals surface area contributed by atoms with Crippen molar-refractivity contribution in [2.45, 2.75) is 38.4 Å². The van der Waals surface area contributed by atoms with Crippen molar-refractivity contribution in [3.63, 3.8) is 0 Å². The van der Waals surface area contributed by atoms with Gasteiger partial charge in [0.15, 0.2) is 11.5 Å². The Balaban J connectivity index is 1.34. The zero-order valence-electron chi connectivity index (χ0n) is 16.5. The molecule has 1 atom stereocenters. The molecule has 12 heteroatoms. The number of hydrogen-bond donors (Lipinski definition) is 0. The maximum atomic E-state index is 12.8. The highest BCUT2D eigenvalue weighted by molar-refractivity contribution is 5.98. The van der Waals surface area contributed by atoms with Crippen molar-refractivity contribution in [2.75, 3.05) is 13.1 Å². The van der Waals surface area contributed by atoms with Crippen LogP contribution in [-0.2, 0) is 6.54 Å². The van der Waals surface area contributed by atoms with E-state index in [9.17, 15) is 28.1 Å². The molecular weight excluding hydrogens is 421 g/mol. The van der Waals surface area contributed by atoms with E-state index in [1.165, 1.54) is 18.3 Å². The van der Waals surface area contributed by atoms with E-state index in [1.54, 1.807) is 4.57 Å². The summed E-state index contributed by atoms with van der Waals surface area (Å²) < 4.78 is 48.1.